The van der Waals surface area contributed by atoms with Crippen molar-refractivity contribution in [2.75, 3.05) is 6.54 Å². The molecule has 18 heavy (non-hydrogen) atoms. The van der Waals surface area contributed by atoms with Crippen molar-refractivity contribution in [3.05, 3.63) is 34.3 Å². The molecule has 1 fully saturated rings. The molecule has 1 aromatic carbocycles. The zero-order chi connectivity index (χ0) is 12.8. The molecule has 2 heteroatoms. The number of nitrogens with one attached hydrogen (secondary N) is 1. The zero-order valence-electron chi connectivity index (χ0n) is 11.3. The van der Waals surface area contributed by atoms with Gasteiger partial charge in [-0.2, -0.15) is 0 Å². The van der Waals surface area contributed by atoms with E-state index in [0.29, 0.717) is 6.04 Å². The maximum atomic E-state index is 3.63. The maximum Gasteiger partial charge on any atom is 0.0320 e. The first-order valence-electron chi connectivity index (χ1n) is 7.28. The molecule has 0 heterocycles. The zero-order valence-corrected chi connectivity index (χ0v) is 12.9. The van der Waals surface area contributed by atoms with E-state index < -0.39 is 0 Å². The van der Waals surface area contributed by atoms with Crippen molar-refractivity contribution in [3.8, 4) is 0 Å². The van der Waals surface area contributed by atoms with Gasteiger partial charge < -0.3 is 5.32 Å². The molecular formula is C16H24BrN. The Labute approximate surface area is 119 Å². The lowest BCUT2D eigenvalue weighted by atomic mass is 9.95. The third-order valence-corrected chi connectivity index (χ3v) is 4.59. The van der Waals surface area contributed by atoms with Crippen LogP contribution in [0.5, 0.6) is 0 Å². The number of benzene rings is 1. The molecular weight excluding hydrogens is 286 g/mol. The van der Waals surface area contributed by atoms with Crippen LogP contribution >= 0.6 is 15.9 Å². The van der Waals surface area contributed by atoms with Gasteiger partial charge in [0.05, 0.1) is 0 Å². The lowest BCUT2D eigenvalue weighted by Crippen LogP contribution is -2.21. The quantitative estimate of drug-likeness (QED) is 0.773. The Hall–Kier alpha value is -0.340. The van der Waals surface area contributed by atoms with E-state index in [1.807, 2.05) is 0 Å². The molecule has 1 aliphatic carbocycles. The summed E-state index contributed by atoms with van der Waals surface area (Å²) >= 11 is 3.51. The van der Waals surface area contributed by atoms with Gasteiger partial charge >= 0.3 is 0 Å². The van der Waals surface area contributed by atoms with Gasteiger partial charge in [0.1, 0.15) is 0 Å². The molecule has 1 unspecified atom stereocenters. The summed E-state index contributed by atoms with van der Waals surface area (Å²) in [6, 6.07) is 9.31. The minimum absolute atomic E-state index is 0.531. The van der Waals surface area contributed by atoms with Gasteiger partial charge in [-0.25, -0.2) is 0 Å². The number of hydrogen-bond donors (Lipinski definition) is 1. The van der Waals surface area contributed by atoms with E-state index in [-0.39, 0.29) is 0 Å². The van der Waals surface area contributed by atoms with E-state index in [2.05, 4.69) is 52.4 Å². The molecule has 1 aliphatic rings. The topological polar surface area (TPSA) is 12.0 Å². The van der Waals surface area contributed by atoms with E-state index in [9.17, 15) is 0 Å². The number of halogens is 1. The summed E-state index contributed by atoms with van der Waals surface area (Å²) < 4.78 is 1.16. The van der Waals surface area contributed by atoms with Crippen LogP contribution in [0.15, 0.2) is 28.7 Å². The summed E-state index contributed by atoms with van der Waals surface area (Å²) in [5.74, 6) is 0.988. The second-order valence-electron chi connectivity index (χ2n) is 5.39. The predicted molar refractivity (Wildman–Crippen MR) is 81.8 cm³/mol. The molecule has 2 rings (SSSR count). The summed E-state index contributed by atoms with van der Waals surface area (Å²) in [6.45, 7) is 3.24. The number of rotatable bonds is 6. The van der Waals surface area contributed by atoms with Gasteiger partial charge in [0.2, 0.25) is 0 Å². The van der Waals surface area contributed by atoms with Crippen molar-refractivity contribution < 1.29 is 0 Å². The second-order valence-corrected chi connectivity index (χ2v) is 6.31. The van der Waals surface area contributed by atoms with Crippen LogP contribution in [0.1, 0.15) is 57.1 Å². The van der Waals surface area contributed by atoms with Crippen LogP contribution in [0.2, 0.25) is 0 Å². The first-order valence-corrected chi connectivity index (χ1v) is 8.07. The van der Waals surface area contributed by atoms with E-state index in [4.69, 9.17) is 0 Å². The first kappa shape index (κ1) is 14.1. The van der Waals surface area contributed by atoms with Gasteiger partial charge in [-0.05, 0) is 43.0 Å². The third kappa shape index (κ3) is 4.10. The monoisotopic (exact) mass is 309 g/mol. The van der Waals surface area contributed by atoms with Crippen molar-refractivity contribution in [2.45, 2.75) is 51.5 Å². The molecule has 1 nitrogen and oxygen atoms in total. The lowest BCUT2D eigenvalue weighted by molar-refractivity contribution is 0.417. The molecule has 0 radical (unpaired) electrons. The number of hydrogen-bond acceptors (Lipinski definition) is 1. The fourth-order valence-electron chi connectivity index (χ4n) is 3.03. The van der Waals surface area contributed by atoms with E-state index in [0.717, 1.165) is 16.9 Å². The van der Waals surface area contributed by atoms with Crippen molar-refractivity contribution in [3.63, 3.8) is 0 Å². The molecule has 1 atom stereocenters. The highest BCUT2D eigenvalue weighted by Gasteiger charge is 2.17. The van der Waals surface area contributed by atoms with Crippen molar-refractivity contribution in [1.29, 1.82) is 0 Å². The Kier molecular flexibility index (Phi) is 5.71. The molecule has 0 saturated heterocycles. The molecule has 0 bridgehead atoms. The fourth-order valence-corrected chi connectivity index (χ4v) is 3.29. The molecule has 1 saturated carbocycles. The molecule has 100 valence electrons. The smallest absolute Gasteiger partial charge is 0.0320 e. The summed E-state index contributed by atoms with van der Waals surface area (Å²) in [5, 5.41) is 3.63. The largest absolute Gasteiger partial charge is 0.310 e. The standard InChI is InChI=1S/C16H24BrN/c1-2-18-16(12-7-13-5-3-4-6-13)14-8-10-15(17)11-9-14/h8-11,13,16,18H,2-7,12H2,1H3. The highest BCUT2D eigenvalue weighted by Crippen LogP contribution is 2.31. The average molecular weight is 310 g/mol. The second kappa shape index (κ2) is 7.30. The van der Waals surface area contributed by atoms with E-state index in [1.54, 1.807) is 0 Å². The van der Waals surface area contributed by atoms with Gasteiger partial charge in [-0.3, -0.25) is 0 Å². The minimum atomic E-state index is 0.531. The third-order valence-electron chi connectivity index (χ3n) is 4.06. The van der Waals surface area contributed by atoms with Gasteiger partial charge in [0.15, 0.2) is 0 Å². The van der Waals surface area contributed by atoms with Gasteiger partial charge in [-0.1, -0.05) is 60.7 Å². The van der Waals surface area contributed by atoms with Crippen LogP contribution in [-0.2, 0) is 0 Å². The summed E-state index contributed by atoms with van der Waals surface area (Å²) in [5.41, 5.74) is 1.43. The van der Waals surface area contributed by atoms with Gasteiger partial charge in [0, 0.05) is 10.5 Å². The van der Waals surface area contributed by atoms with Crippen LogP contribution < -0.4 is 5.32 Å². The summed E-state index contributed by atoms with van der Waals surface area (Å²) in [7, 11) is 0. The highest BCUT2D eigenvalue weighted by molar-refractivity contribution is 9.10. The Morgan fingerprint density at radius 3 is 2.50 bits per heavy atom. The van der Waals surface area contributed by atoms with Crippen molar-refractivity contribution in [2.24, 2.45) is 5.92 Å². The molecule has 0 amide bonds. The van der Waals surface area contributed by atoms with E-state index in [1.165, 1.54) is 44.1 Å². The highest BCUT2D eigenvalue weighted by atomic mass is 79.9. The average Bonchev–Trinajstić information content (AvgIpc) is 2.89. The SMILES string of the molecule is CCNC(CCC1CCCC1)c1ccc(Br)cc1. The normalized spacial score (nSPS) is 18.1. The Morgan fingerprint density at radius 1 is 1.22 bits per heavy atom. The van der Waals surface area contributed by atoms with Crippen LogP contribution in [0, 0.1) is 5.92 Å². The summed E-state index contributed by atoms with van der Waals surface area (Å²) in [6.07, 6.45) is 8.48. The molecule has 1 aromatic rings. The van der Waals surface area contributed by atoms with Gasteiger partial charge in [0.25, 0.3) is 0 Å². The molecule has 1 N–H and O–H groups in total. The van der Waals surface area contributed by atoms with Crippen molar-refractivity contribution in [1.82, 2.24) is 5.32 Å². The van der Waals surface area contributed by atoms with Crippen molar-refractivity contribution >= 4 is 15.9 Å². The first-order chi connectivity index (χ1) is 8.79. The Morgan fingerprint density at radius 2 is 1.89 bits per heavy atom. The minimum Gasteiger partial charge on any atom is -0.310 e. The van der Waals surface area contributed by atoms with Crippen LogP contribution in [0.25, 0.3) is 0 Å². The van der Waals surface area contributed by atoms with Crippen LogP contribution in [-0.4, -0.2) is 6.54 Å². The maximum absolute atomic E-state index is 3.63. The van der Waals surface area contributed by atoms with Crippen LogP contribution in [0.4, 0.5) is 0 Å². The van der Waals surface area contributed by atoms with Crippen LogP contribution in [0.3, 0.4) is 0 Å². The predicted octanol–water partition coefficient (Wildman–Crippen LogP) is 5.07. The van der Waals surface area contributed by atoms with Gasteiger partial charge in [-0.15, -0.1) is 0 Å². The Balaban J connectivity index is 1.91. The molecule has 0 aliphatic heterocycles. The molecule has 0 aromatic heterocycles. The fraction of sp³-hybridized carbons (Fsp3) is 0.625. The summed E-state index contributed by atoms with van der Waals surface area (Å²) in [4.78, 5) is 0. The Bertz CT molecular complexity index is 341. The lowest BCUT2D eigenvalue weighted by Gasteiger charge is -2.20. The van der Waals surface area contributed by atoms with E-state index >= 15 is 0 Å². The molecule has 0 spiro atoms.